The Bertz CT molecular complexity index is 380. The Labute approximate surface area is 94.7 Å². The molecule has 0 spiro atoms. The predicted octanol–water partition coefficient (Wildman–Crippen LogP) is 0.782. The first kappa shape index (κ1) is 12.4. The highest BCUT2D eigenvalue weighted by Crippen LogP contribution is 1.99. The number of halogens is 1. The number of alkyl halides is 1. The summed E-state index contributed by atoms with van der Waals surface area (Å²) in [5.74, 6) is 0.363. The predicted molar refractivity (Wildman–Crippen MR) is 60.5 cm³/mol. The lowest BCUT2D eigenvalue weighted by atomic mass is 10.2. The molecule has 0 radical (unpaired) electrons. The highest BCUT2D eigenvalue weighted by molar-refractivity contribution is 7.89. The van der Waals surface area contributed by atoms with Gasteiger partial charge in [0.25, 0.3) is 0 Å². The molecule has 1 N–H and O–H groups in total. The zero-order valence-corrected chi connectivity index (χ0v) is 9.76. The van der Waals surface area contributed by atoms with Crippen molar-refractivity contribution in [2.24, 2.45) is 0 Å². The number of hydrogen-bond acceptors (Lipinski definition) is 3. The average Bonchev–Trinajstić information content (AvgIpc) is 2.25. The molecule has 0 amide bonds. The molecule has 4 nitrogen and oxygen atoms in total. The zero-order valence-electron chi connectivity index (χ0n) is 8.19. The van der Waals surface area contributed by atoms with Crippen molar-refractivity contribution >= 4 is 21.6 Å². The molecular weight excluding hydrogens is 236 g/mol. The lowest BCUT2D eigenvalue weighted by molar-refractivity contribution is 0.583. The third kappa shape index (κ3) is 5.11. The summed E-state index contributed by atoms with van der Waals surface area (Å²) < 4.78 is 25.2. The number of aromatic nitrogens is 1. The van der Waals surface area contributed by atoms with Gasteiger partial charge in [0.2, 0.25) is 10.0 Å². The second-order valence-electron chi connectivity index (χ2n) is 3.01. The first-order chi connectivity index (χ1) is 7.14. The smallest absolute Gasteiger partial charge is 0.211 e. The van der Waals surface area contributed by atoms with E-state index in [2.05, 4.69) is 9.71 Å². The van der Waals surface area contributed by atoms with Crippen molar-refractivity contribution in [3.05, 3.63) is 30.1 Å². The fraction of sp³-hybridized carbons (Fsp3) is 0.444. The minimum absolute atomic E-state index is 0.0773. The van der Waals surface area contributed by atoms with Gasteiger partial charge in [0.1, 0.15) is 0 Å². The zero-order chi connectivity index (χ0) is 11.1. The van der Waals surface area contributed by atoms with Crippen LogP contribution in [0.25, 0.3) is 0 Å². The molecule has 1 aromatic heterocycles. The van der Waals surface area contributed by atoms with Crippen molar-refractivity contribution < 1.29 is 8.42 Å². The third-order valence-corrected chi connectivity index (χ3v) is 3.40. The Kier molecular flexibility index (Phi) is 5.01. The maximum atomic E-state index is 11.4. The molecule has 0 saturated carbocycles. The lowest BCUT2D eigenvalue weighted by Gasteiger charge is -2.04. The average molecular weight is 249 g/mol. The first-order valence-electron chi connectivity index (χ1n) is 4.56. The minimum atomic E-state index is -3.20. The third-order valence-electron chi connectivity index (χ3n) is 1.83. The number of aryl methyl sites for hydroxylation is 1. The Hall–Kier alpha value is -0.650. The Morgan fingerprint density at radius 3 is 2.60 bits per heavy atom. The molecule has 0 aliphatic rings. The molecule has 0 fully saturated rings. The van der Waals surface area contributed by atoms with Gasteiger partial charge in [-0.25, -0.2) is 13.1 Å². The Morgan fingerprint density at radius 1 is 1.33 bits per heavy atom. The van der Waals surface area contributed by atoms with Crippen LogP contribution in [0, 0.1) is 0 Å². The fourth-order valence-electron chi connectivity index (χ4n) is 1.07. The first-order valence-corrected chi connectivity index (χ1v) is 6.75. The van der Waals surface area contributed by atoms with Crippen LogP contribution in [0.1, 0.15) is 5.56 Å². The largest absolute Gasteiger partial charge is 0.265 e. The summed E-state index contributed by atoms with van der Waals surface area (Å²) in [6.45, 7) is 0.278. The van der Waals surface area contributed by atoms with Crippen LogP contribution in [0.5, 0.6) is 0 Å². The van der Waals surface area contributed by atoms with Gasteiger partial charge in [-0.3, -0.25) is 4.98 Å². The summed E-state index contributed by atoms with van der Waals surface area (Å²) in [6.07, 6.45) is 3.78. The van der Waals surface area contributed by atoms with E-state index in [-0.39, 0.29) is 18.2 Å². The summed E-state index contributed by atoms with van der Waals surface area (Å²) >= 11 is 5.39. The van der Waals surface area contributed by atoms with Crippen molar-refractivity contribution in [1.82, 2.24) is 9.71 Å². The number of nitrogens with one attached hydrogen (secondary N) is 1. The van der Waals surface area contributed by atoms with E-state index in [1.807, 2.05) is 0 Å². The minimum Gasteiger partial charge on any atom is -0.265 e. The second kappa shape index (κ2) is 6.05. The van der Waals surface area contributed by atoms with Gasteiger partial charge in [0, 0.05) is 24.8 Å². The van der Waals surface area contributed by atoms with E-state index < -0.39 is 10.0 Å². The van der Waals surface area contributed by atoms with E-state index in [4.69, 9.17) is 11.6 Å². The maximum Gasteiger partial charge on any atom is 0.211 e. The number of sulfonamides is 1. The van der Waals surface area contributed by atoms with Gasteiger partial charge in [-0.15, -0.1) is 11.6 Å². The van der Waals surface area contributed by atoms with E-state index >= 15 is 0 Å². The van der Waals surface area contributed by atoms with Crippen LogP contribution in [0.3, 0.4) is 0 Å². The van der Waals surface area contributed by atoms with Gasteiger partial charge in [-0.05, 0) is 24.1 Å². The second-order valence-corrected chi connectivity index (χ2v) is 5.31. The molecule has 0 atom stereocenters. The molecule has 0 saturated heterocycles. The summed E-state index contributed by atoms with van der Waals surface area (Å²) in [4.78, 5) is 3.86. The topological polar surface area (TPSA) is 59.1 Å². The highest BCUT2D eigenvalue weighted by atomic mass is 35.5. The summed E-state index contributed by atoms with van der Waals surface area (Å²) in [6, 6.07) is 3.61. The summed E-state index contributed by atoms with van der Waals surface area (Å²) in [7, 11) is -3.20. The molecule has 6 heteroatoms. The van der Waals surface area contributed by atoms with E-state index in [0.717, 1.165) is 5.56 Å². The van der Waals surface area contributed by atoms with Crippen LogP contribution < -0.4 is 4.72 Å². The van der Waals surface area contributed by atoms with E-state index in [0.29, 0.717) is 6.42 Å². The van der Waals surface area contributed by atoms with E-state index in [1.165, 1.54) is 0 Å². The normalized spacial score (nSPS) is 11.5. The SMILES string of the molecule is O=S(=O)(CCc1ccncc1)NCCCl. The van der Waals surface area contributed by atoms with Gasteiger partial charge in [0.15, 0.2) is 0 Å². The number of nitrogens with zero attached hydrogens (tertiary/aromatic N) is 1. The summed E-state index contributed by atoms with van der Waals surface area (Å²) in [5, 5.41) is 0. The molecule has 0 bridgehead atoms. The van der Waals surface area contributed by atoms with Crippen molar-refractivity contribution in [2.45, 2.75) is 6.42 Å². The van der Waals surface area contributed by atoms with Crippen molar-refractivity contribution in [2.75, 3.05) is 18.2 Å². The number of rotatable bonds is 6. The van der Waals surface area contributed by atoms with Gasteiger partial charge < -0.3 is 0 Å². The number of pyridine rings is 1. The van der Waals surface area contributed by atoms with Crippen LogP contribution in [-0.2, 0) is 16.4 Å². The highest BCUT2D eigenvalue weighted by Gasteiger charge is 2.08. The van der Waals surface area contributed by atoms with Crippen molar-refractivity contribution in [3.8, 4) is 0 Å². The lowest BCUT2D eigenvalue weighted by Crippen LogP contribution is -2.28. The van der Waals surface area contributed by atoms with E-state index in [1.54, 1.807) is 24.5 Å². The van der Waals surface area contributed by atoms with E-state index in [9.17, 15) is 8.42 Å². The molecule has 0 aliphatic heterocycles. The molecule has 0 aromatic carbocycles. The van der Waals surface area contributed by atoms with Gasteiger partial charge in [-0.1, -0.05) is 0 Å². The summed E-state index contributed by atoms with van der Waals surface area (Å²) in [5.41, 5.74) is 0.959. The molecule has 0 aliphatic carbocycles. The van der Waals surface area contributed by atoms with Crippen LogP contribution >= 0.6 is 11.6 Å². The molecule has 15 heavy (non-hydrogen) atoms. The number of hydrogen-bond donors (Lipinski definition) is 1. The van der Waals surface area contributed by atoms with Gasteiger partial charge in [-0.2, -0.15) is 0 Å². The molecule has 84 valence electrons. The monoisotopic (exact) mass is 248 g/mol. The molecule has 0 unspecified atom stereocenters. The van der Waals surface area contributed by atoms with Crippen LogP contribution in [0.2, 0.25) is 0 Å². The molecule has 1 heterocycles. The van der Waals surface area contributed by atoms with Gasteiger partial charge in [0.05, 0.1) is 5.75 Å². The van der Waals surface area contributed by atoms with Crippen molar-refractivity contribution in [1.29, 1.82) is 0 Å². The van der Waals surface area contributed by atoms with Crippen LogP contribution in [0.15, 0.2) is 24.5 Å². The fourth-order valence-corrected chi connectivity index (χ4v) is 2.34. The van der Waals surface area contributed by atoms with Crippen LogP contribution in [0.4, 0.5) is 0 Å². The van der Waals surface area contributed by atoms with Crippen LogP contribution in [-0.4, -0.2) is 31.6 Å². The van der Waals surface area contributed by atoms with Crippen molar-refractivity contribution in [3.63, 3.8) is 0 Å². The Morgan fingerprint density at radius 2 is 2.00 bits per heavy atom. The Balaban J connectivity index is 2.43. The van der Waals surface area contributed by atoms with Gasteiger partial charge >= 0.3 is 0 Å². The maximum absolute atomic E-state index is 11.4. The quantitative estimate of drug-likeness (QED) is 0.757. The molecule has 1 aromatic rings. The molecule has 1 rings (SSSR count). The standard InChI is InChI=1S/C9H13ClN2O2S/c10-4-7-12-15(13,14)8-3-9-1-5-11-6-2-9/h1-2,5-6,12H,3-4,7-8H2. The molecular formula is C9H13ClN2O2S.